The summed E-state index contributed by atoms with van der Waals surface area (Å²) in [5.41, 5.74) is 0.703. The third-order valence-electron chi connectivity index (χ3n) is 2.55. The van der Waals surface area contributed by atoms with E-state index < -0.39 is 0 Å². The fourth-order valence-electron chi connectivity index (χ4n) is 1.75. The van der Waals surface area contributed by atoms with Crippen LogP contribution in [0.4, 0.5) is 5.82 Å². The van der Waals surface area contributed by atoms with Crippen molar-refractivity contribution in [2.24, 2.45) is 0 Å². The Hall–Kier alpha value is -2.80. The van der Waals surface area contributed by atoms with Crippen LogP contribution in [0.15, 0.2) is 54.9 Å². The smallest absolute Gasteiger partial charge is 0.240 e. The lowest BCUT2D eigenvalue weighted by Gasteiger charge is -2.06. The minimum atomic E-state index is 0.482. The molecular formula is C14H9N3O. The maximum absolute atomic E-state index is 7.16. The van der Waals surface area contributed by atoms with Crippen molar-refractivity contribution < 1.29 is 4.74 Å². The summed E-state index contributed by atoms with van der Waals surface area (Å²) >= 11 is 0. The van der Waals surface area contributed by atoms with Crippen LogP contribution in [0, 0.1) is 6.57 Å². The molecule has 18 heavy (non-hydrogen) atoms. The van der Waals surface area contributed by atoms with Crippen molar-refractivity contribution in [3.05, 3.63) is 66.3 Å². The van der Waals surface area contributed by atoms with Gasteiger partial charge in [-0.2, -0.15) is 0 Å². The zero-order valence-corrected chi connectivity index (χ0v) is 9.45. The molecule has 0 saturated carbocycles. The summed E-state index contributed by atoms with van der Waals surface area (Å²) in [6.45, 7) is 7.16. The van der Waals surface area contributed by atoms with E-state index in [9.17, 15) is 0 Å². The molecule has 0 radical (unpaired) electrons. The van der Waals surface area contributed by atoms with Crippen LogP contribution in [0.3, 0.4) is 0 Å². The molecule has 0 saturated heterocycles. The van der Waals surface area contributed by atoms with Crippen LogP contribution in [-0.2, 0) is 0 Å². The standard InChI is InChI=1S/C14H9N3O/c1-15-13-9-12(10-14-16-7-8-17(13)14)18-11-5-3-2-4-6-11/h2-10H. The van der Waals surface area contributed by atoms with Gasteiger partial charge in [-0.05, 0) is 12.1 Å². The number of fused-ring (bicyclic) bond motifs is 1. The van der Waals surface area contributed by atoms with E-state index in [2.05, 4.69) is 9.83 Å². The molecule has 0 unspecified atom stereocenters. The normalized spacial score (nSPS) is 10.2. The van der Waals surface area contributed by atoms with Crippen molar-refractivity contribution in [1.82, 2.24) is 9.38 Å². The second-order valence-electron chi connectivity index (χ2n) is 3.73. The molecule has 4 heteroatoms. The summed E-state index contributed by atoms with van der Waals surface area (Å²) in [7, 11) is 0. The van der Waals surface area contributed by atoms with Crippen molar-refractivity contribution in [3.63, 3.8) is 0 Å². The maximum atomic E-state index is 7.16. The summed E-state index contributed by atoms with van der Waals surface area (Å²) in [6.07, 6.45) is 3.42. The molecule has 0 atom stereocenters. The van der Waals surface area contributed by atoms with Crippen LogP contribution in [0.25, 0.3) is 10.5 Å². The average Bonchev–Trinajstić information content (AvgIpc) is 2.87. The molecule has 0 aliphatic rings. The maximum Gasteiger partial charge on any atom is 0.240 e. The van der Waals surface area contributed by atoms with Crippen molar-refractivity contribution in [3.8, 4) is 11.5 Å². The first kappa shape index (κ1) is 10.4. The van der Waals surface area contributed by atoms with Crippen LogP contribution in [-0.4, -0.2) is 9.38 Å². The lowest BCUT2D eigenvalue weighted by atomic mass is 10.3. The molecule has 3 aromatic rings. The summed E-state index contributed by atoms with van der Waals surface area (Å²) < 4.78 is 7.43. The van der Waals surface area contributed by atoms with Gasteiger partial charge in [0, 0.05) is 12.1 Å². The van der Waals surface area contributed by atoms with Gasteiger partial charge < -0.3 is 9.58 Å². The quantitative estimate of drug-likeness (QED) is 0.634. The van der Waals surface area contributed by atoms with E-state index in [1.165, 1.54) is 0 Å². The van der Waals surface area contributed by atoms with Gasteiger partial charge in [-0.3, -0.25) is 0 Å². The Morgan fingerprint density at radius 3 is 2.72 bits per heavy atom. The monoisotopic (exact) mass is 235 g/mol. The number of hydrogen-bond donors (Lipinski definition) is 0. The first-order valence-electron chi connectivity index (χ1n) is 5.44. The highest BCUT2D eigenvalue weighted by molar-refractivity contribution is 5.56. The minimum absolute atomic E-state index is 0.482. The van der Waals surface area contributed by atoms with Crippen LogP contribution >= 0.6 is 0 Å². The average molecular weight is 235 g/mol. The molecular weight excluding hydrogens is 226 g/mol. The fraction of sp³-hybridized carbons (Fsp3) is 0. The lowest BCUT2D eigenvalue weighted by Crippen LogP contribution is -1.88. The number of aromatic nitrogens is 2. The number of para-hydroxylation sites is 1. The number of pyridine rings is 1. The van der Waals surface area contributed by atoms with Gasteiger partial charge >= 0.3 is 0 Å². The van der Waals surface area contributed by atoms with Crippen molar-refractivity contribution >= 4 is 11.5 Å². The Morgan fingerprint density at radius 1 is 1.11 bits per heavy atom. The predicted molar refractivity (Wildman–Crippen MR) is 68.0 cm³/mol. The highest BCUT2D eigenvalue weighted by Gasteiger charge is 2.07. The topological polar surface area (TPSA) is 30.9 Å². The molecule has 0 bridgehead atoms. The predicted octanol–water partition coefficient (Wildman–Crippen LogP) is 3.68. The molecule has 0 fully saturated rings. The molecule has 2 aromatic heterocycles. The number of imidazole rings is 1. The fourth-order valence-corrected chi connectivity index (χ4v) is 1.75. The molecule has 86 valence electrons. The lowest BCUT2D eigenvalue weighted by molar-refractivity contribution is 0.483. The van der Waals surface area contributed by atoms with Gasteiger partial charge in [0.25, 0.3) is 0 Å². The van der Waals surface area contributed by atoms with E-state index in [1.54, 1.807) is 22.9 Å². The van der Waals surface area contributed by atoms with Crippen LogP contribution in [0.2, 0.25) is 0 Å². The summed E-state index contributed by atoms with van der Waals surface area (Å²) in [4.78, 5) is 7.64. The Labute approximate surface area is 104 Å². The number of ether oxygens (including phenoxy) is 1. The second kappa shape index (κ2) is 4.22. The second-order valence-corrected chi connectivity index (χ2v) is 3.73. The van der Waals surface area contributed by atoms with Gasteiger partial charge in [-0.25, -0.2) is 9.38 Å². The van der Waals surface area contributed by atoms with E-state index in [0.717, 1.165) is 5.75 Å². The van der Waals surface area contributed by atoms with E-state index in [0.29, 0.717) is 17.2 Å². The van der Waals surface area contributed by atoms with Gasteiger partial charge in [-0.15, -0.1) is 0 Å². The highest BCUT2D eigenvalue weighted by atomic mass is 16.5. The van der Waals surface area contributed by atoms with Gasteiger partial charge in [0.2, 0.25) is 11.5 Å². The number of hydrogen-bond acceptors (Lipinski definition) is 2. The molecule has 2 heterocycles. The molecule has 0 aliphatic heterocycles. The summed E-state index contributed by atoms with van der Waals surface area (Å²) in [5.74, 6) is 1.84. The molecule has 0 aliphatic carbocycles. The van der Waals surface area contributed by atoms with E-state index in [4.69, 9.17) is 11.3 Å². The van der Waals surface area contributed by atoms with Crippen LogP contribution < -0.4 is 4.74 Å². The van der Waals surface area contributed by atoms with Gasteiger partial charge in [0.05, 0.1) is 12.4 Å². The molecule has 0 amide bonds. The first-order valence-corrected chi connectivity index (χ1v) is 5.44. The Kier molecular flexibility index (Phi) is 2.43. The van der Waals surface area contributed by atoms with E-state index >= 15 is 0 Å². The van der Waals surface area contributed by atoms with Crippen molar-refractivity contribution in [2.75, 3.05) is 0 Å². The van der Waals surface area contributed by atoms with Gasteiger partial charge in [0.15, 0.2) is 0 Å². The molecule has 0 N–H and O–H groups in total. The molecule has 0 spiro atoms. The SMILES string of the molecule is [C-]#[N+]c1cc(Oc2ccccc2)cc2nccn12. The van der Waals surface area contributed by atoms with Gasteiger partial charge in [-0.1, -0.05) is 24.8 Å². The van der Waals surface area contributed by atoms with Crippen LogP contribution in [0.5, 0.6) is 11.5 Å². The Bertz CT molecular complexity index is 726. The van der Waals surface area contributed by atoms with E-state index in [-0.39, 0.29) is 0 Å². The zero-order chi connectivity index (χ0) is 12.4. The number of nitrogens with zero attached hydrogens (tertiary/aromatic N) is 3. The molecule has 1 aromatic carbocycles. The zero-order valence-electron chi connectivity index (χ0n) is 9.45. The van der Waals surface area contributed by atoms with Gasteiger partial charge in [0.1, 0.15) is 11.5 Å². The first-order chi connectivity index (χ1) is 8.86. The van der Waals surface area contributed by atoms with Crippen molar-refractivity contribution in [2.45, 2.75) is 0 Å². The third-order valence-corrected chi connectivity index (χ3v) is 2.55. The largest absolute Gasteiger partial charge is 0.458 e. The third kappa shape index (κ3) is 1.78. The number of benzene rings is 1. The van der Waals surface area contributed by atoms with Crippen molar-refractivity contribution in [1.29, 1.82) is 0 Å². The number of rotatable bonds is 2. The Balaban J connectivity index is 2.05. The summed E-state index contributed by atoms with van der Waals surface area (Å²) in [5, 5.41) is 0. The molecule has 4 nitrogen and oxygen atoms in total. The molecule has 3 rings (SSSR count). The highest BCUT2D eigenvalue weighted by Crippen LogP contribution is 2.27. The van der Waals surface area contributed by atoms with E-state index in [1.807, 2.05) is 36.4 Å². The van der Waals surface area contributed by atoms with Crippen LogP contribution in [0.1, 0.15) is 0 Å². The Morgan fingerprint density at radius 2 is 1.94 bits per heavy atom. The minimum Gasteiger partial charge on any atom is -0.458 e. The summed E-state index contributed by atoms with van der Waals surface area (Å²) in [6, 6.07) is 13.0.